The number of esters is 1. The highest BCUT2D eigenvalue weighted by molar-refractivity contribution is 5.92. The van der Waals surface area contributed by atoms with Crippen molar-refractivity contribution in [2.45, 2.75) is 6.54 Å². The van der Waals surface area contributed by atoms with Crippen molar-refractivity contribution in [3.63, 3.8) is 0 Å². The smallest absolute Gasteiger partial charge is 0.338 e. The maximum absolute atomic E-state index is 12.1. The molecule has 8 heteroatoms. The second kappa shape index (κ2) is 8.31. The molecule has 0 unspecified atom stereocenters. The van der Waals surface area contributed by atoms with Gasteiger partial charge in [0.15, 0.2) is 29.6 Å². The molecule has 142 valence electrons. The van der Waals surface area contributed by atoms with Crippen LogP contribution in [-0.4, -0.2) is 39.5 Å². The molecule has 0 aliphatic carbocycles. The molecule has 1 heterocycles. The van der Waals surface area contributed by atoms with Crippen LogP contribution in [0.5, 0.6) is 23.0 Å². The van der Waals surface area contributed by atoms with Crippen molar-refractivity contribution in [2.24, 2.45) is 0 Å². The number of rotatable bonds is 7. The van der Waals surface area contributed by atoms with Crippen LogP contribution in [-0.2, 0) is 16.1 Å². The van der Waals surface area contributed by atoms with E-state index in [0.29, 0.717) is 23.0 Å². The van der Waals surface area contributed by atoms with Crippen LogP contribution < -0.4 is 24.3 Å². The van der Waals surface area contributed by atoms with Gasteiger partial charge in [-0.15, -0.1) is 0 Å². The van der Waals surface area contributed by atoms with Gasteiger partial charge in [-0.05, 0) is 35.9 Å². The van der Waals surface area contributed by atoms with Crippen LogP contribution in [0, 0.1) is 0 Å². The molecule has 1 amide bonds. The molecule has 0 saturated carbocycles. The minimum absolute atomic E-state index is 0.192. The Balaban J connectivity index is 1.49. The first kappa shape index (κ1) is 18.4. The summed E-state index contributed by atoms with van der Waals surface area (Å²) in [5.74, 6) is 1.17. The molecule has 27 heavy (non-hydrogen) atoms. The zero-order valence-corrected chi connectivity index (χ0v) is 14.9. The lowest BCUT2D eigenvalue weighted by atomic mass is 10.2. The summed E-state index contributed by atoms with van der Waals surface area (Å²) < 4.78 is 25.8. The van der Waals surface area contributed by atoms with Crippen LogP contribution in [0.15, 0.2) is 36.4 Å². The Kier molecular flexibility index (Phi) is 5.65. The van der Waals surface area contributed by atoms with E-state index in [1.54, 1.807) is 18.2 Å². The summed E-state index contributed by atoms with van der Waals surface area (Å²) in [5, 5.41) is 2.68. The largest absolute Gasteiger partial charge is 0.493 e. The Bertz CT molecular complexity index is 850. The first-order valence-electron chi connectivity index (χ1n) is 8.15. The van der Waals surface area contributed by atoms with Crippen molar-refractivity contribution < 1.29 is 33.3 Å². The molecule has 3 rings (SSSR count). The number of methoxy groups -OCH3 is 2. The third-order valence-corrected chi connectivity index (χ3v) is 3.88. The summed E-state index contributed by atoms with van der Waals surface area (Å²) in [6, 6.07) is 10.0. The minimum Gasteiger partial charge on any atom is -0.493 e. The number of hydrogen-bond donors (Lipinski definition) is 1. The van der Waals surface area contributed by atoms with E-state index in [1.165, 1.54) is 26.4 Å². The number of hydrogen-bond acceptors (Lipinski definition) is 7. The van der Waals surface area contributed by atoms with Gasteiger partial charge in [-0.2, -0.15) is 0 Å². The van der Waals surface area contributed by atoms with E-state index in [4.69, 9.17) is 23.7 Å². The highest BCUT2D eigenvalue weighted by atomic mass is 16.7. The quantitative estimate of drug-likeness (QED) is 0.741. The standard InChI is InChI=1S/C19H19NO7/c1-23-14-6-4-13(8-16(14)24-2)19(22)25-10-18(21)20-9-12-3-5-15-17(7-12)27-11-26-15/h3-8H,9-11H2,1-2H3,(H,20,21). The van der Waals surface area contributed by atoms with Gasteiger partial charge in [0.05, 0.1) is 19.8 Å². The second-order valence-electron chi connectivity index (χ2n) is 5.61. The molecule has 1 aliphatic rings. The Labute approximate surface area is 155 Å². The second-order valence-corrected chi connectivity index (χ2v) is 5.61. The van der Waals surface area contributed by atoms with Crippen molar-refractivity contribution in [1.82, 2.24) is 5.32 Å². The molecule has 0 aromatic heterocycles. The molecule has 0 spiro atoms. The lowest BCUT2D eigenvalue weighted by Gasteiger charge is -2.10. The van der Waals surface area contributed by atoms with Gasteiger partial charge in [0.1, 0.15) is 0 Å². The van der Waals surface area contributed by atoms with Gasteiger partial charge in [0, 0.05) is 6.54 Å². The van der Waals surface area contributed by atoms with Crippen LogP contribution in [0.1, 0.15) is 15.9 Å². The Hall–Kier alpha value is -3.42. The minimum atomic E-state index is -0.630. The van der Waals surface area contributed by atoms with Gasteiger partial charge >= 0.3 is 5.97 Å². The molecule has 2 aromatic carbocycles. The number of ether oxygens (including phenoxy) is 5. The lowest BCUT2D eigenvalue weighted by molar-refractivity contribution is -0.124. The van der Waals surface area contributed by atoms with Crippen molar-refractivity contribution in [3.8, 4) is 23.0 Å². The third kappa shape index (κ3) is 4.41. The predicted molar refractivity (Wildman–Crippen MR) is 94.2 cm³/mol. The van der Waals surface area contributed by atoms with Crippen LogP contribution in [0.25, 0.3) is 0 Å². The molecule has 8 nitrogen and oxygen atoms in total. The average Bonchev–Trinajstić information content (AvgIpc) is 3.17. The lowest BCUT2D eigenvalue weighted by Crippen LogP contribution is -2.28. The molecule has 1 aliphatic heterocycles. The van der Waals surface area contributed by atoms with E-state index in [2.05, 4.69) is 5.32 Å². The van der Waals surface area contributed by atoms with Gasteiger partial charge in [0.2, 0.25) is 6.79 Å². The first-order valence-corrected chi connectivity index (χ1v) is 8.15. The molecule has 2 aromatic rings. The van der Waals surface area contributed by atoms with E-state index >= 15 is 0 Å². The summed E-state index contributed by atoms with van der Waals surface area (Å²) in [7, 11) is 2.97. The topological polar surface area (TPSA) is 92.3 Å². The van der Waals surface area contributed by atoms with Crippen molar-refractivity contribution in [3.05, 3.63) is 47.5 Å². The molecule has 0 fully saturated rings. The SMILES string of the molecule is COc1ccc(C(=O)OCC(=O)NCc2ccc3c(c2)OCO3)cc1OC. The number of amides is 1. The predicted octanol–water partition coefficient (Wildman–Crippen LogP) is 1.91. The molecule has 0 radical (unpaired) electrons. The maximum atomic E-state index is 12.1. The van der Waals surface area contributed by atoms with Gasteiger partial charge < -0.3 is 29.0 Å². The maximum Gasteiger partial charge on any atom is 0.338 e. The van der Waals surface area contributed by atoms with E-state index in [9.17, 15) is 9.59 Å². The normalized spacial score (nSPS) is 11.6. The van der Waals surface area contributed by atoms with Crippen molar-refractivity contribution >= 4 is 11.9 Å². The average molecular weight is 373 g/mol. The third-order valence-electron chi connectivity index (χ3n) is 3.88. The van der Waals surface area contributed by atoms with E-state index in [0.717, 1.165) is 5.56 Å². The number of carbonyl (C=O) groups is 2. The molecule has 1 N–H and O–H groups in total. The van der Waals surface area contributed by atoms with Crippen molar-refractivity contribution in [1.29, 1.82) is 0 Å². The Morgan fingerprint density at radius 2 is 1.78 bits per heavy atom. The summed E-state index contributed by atoms with van der Waals surface area (Å²) in [5.41, 5.74) is 1.11. The fourth-order valence-corrected chi connectivity index (χ4v) is 2.48. The monoisotopic (exact) mass is 373 g/mol. The zero-order chi connectivity index (χ0) is 19.2. The summed E-state index contributed by atoms with van der Waals surface area (Å²) in [6.45, 7) is 0.0817. The van der Waals surface area contributed by atoms with Crippen LogP contribution in [0.2, 0.25) is 0 Å². The Morgan fingerprint density at radius 3 is 2.56 bits per heavy atom. The number of fused-ring (bicyclic) bond motifs is 1. The Morgan fingerprint density at radius 1 is 1.00 bits per heavy atom. The fourth-order valence-electron chi connectivity index (χ4n) is 2.48. The highest BCUT2D eigenvalue weighted by Crippen LogP contribution is 2.32. The molecule has 0 saturated heterocycles. The molecular formula is C19H19NO7. The number of nitrogens with one attached hydrogen (secondary N) is 1. The molecule has 0 bridgehead atoms. The fraction of sp³-hybridized carbons (Fsp3) is 0.263. The summed E-state index contributed by atoms with van der Waals surface area (Å²) >= 11 is 0. The summed E-state index contributed by atoms with van der Waals surface area (Å²) in [6.07, 6.45) is 0. The van der Waals surface area contributed by atoms with Gasteiger partial charge in [-0.1, -0.05) is 6.07 Å². The molecule has 0 atom stereocenters. The highest BCUT2D eigenvalue weighted by Gasteiger charge is 2.15. The van der Waals surface area contributed by atoms with E-state index < -0.39 is 18.5 Å². The zero-order valence-electron chi connectivity index (χ0n) is 14.9. The van der Waals surface area contributed by atoms with Crippen molar-refractivity contribution in [2.75, 3.05) is 27.6 Å². The summed E-state index contributed by atoms with van der Waals surface area (Å²) in [4.78, 5) is 24.0. The van der Waals surface area contributed by atoms with Crippen LogP contribution in [0.4, 0.5) is 0 Å². The van der Waals surface area contributed by atoms with E-state index in [-0.39, 0.29) is 18.9 Å². The number of benzene rings is 2. The van der Waals surface area contributed by atoms with Gasteiger partial charge in [-0.3, -0.25) is 4.79 Å². The van der Waals surface area contributed by atoms with E-state index in [1.807, 2.05) is 6.07 Å². The van der Waals surface area contributed by atoms with Gasteiger partial charge in [-0.25, -0.2) is 4.79 Å². The molecular weight excluding hydrogens is 354 g/mol. The van der Waals surface area contributed by atoms with Crippen LogP contribution >= 0.6 is 0 Å². The van der Waals surface area contributed by atoms with Crippen LogP contribution in [0.3, 0.4) is 0 Å². The van der Waals surface area contributed by atoms with Gasteiger partial charge in [0.25, 0.3) is 5.91 Å². The number of carbonyl (C=O) groups excluding carboxylic acids is 2. The first-order chi connectivity index (χ1) is 13.1.